The van der Waals surface area contributed by atoms with Crippen LogP contribution in [0.15, 0.2) is 6.20 Å². The number of carbonyl (C=O) groups is 1. The molecule has 1 unspecified atom stereocenters. The van der Waals surface area contributed by atoms with Crippen LogP contribution in [0.25, 0.3) is 0 Å². The average molecular weight is 237 g/mol. The summed E-state index contributed by atoms with van der Waals surface area (Å²) in [4.78, 5) is 19.5. The first-order valence-corrected chi connectivity index (χ1v) is 5.84. The number of nitrogens with zero attached hydrogens (tertiary/aromatic N) is 2. The van der Waals surface area contributed by atoms with Crippen molar-refractivity contribution < 1.29 is 9.90 Å². The molecular weight excluding hydrogens is 218 g/mol. The van der Waals surface area contributed by atoms with E-state index >= 15 is 0 Å². The van der Waals surface area contributed by atoms with E-state index in [9.17, 15) is 4.79 Å². The molecule has 0 amide bonds. The molecule has 0 fully saturated rings. The molecule has 5 nitrogen and oxygen atoms in total. The second-order valence-electron chi connectivity index (χ2n) is 4.12. The summed E-state index contributed by atoms with van der Waals surface area (Å²) in [5.41, 5.74) is 1.50. The van der Waals surface area contributed by atoms with Gasteiger partial charge in [-0.2, -0.15) is 0 Å². The third kappa shape index (κ3) is 4.01. The van der Waals surface area contributed by atoms with Crippen LogP contribution >= 0.6 is 0 Å². The normalized spacial score (nSPS) is 12.2. The summed E-state index contributed by atoms with van der Waals surface area (Å²) in [5.74, 6) is -0.283. The zero-order valence-corrected chi connectivity index (χ0v) is 10.5. The Hall–Kier alpha value is -1.65. The smallest absolute Gasteiger partial charge is 0.326 e. The fourth-order valence-electron chi connectivity index (χ4n) is 1.50. The number of unbranched alkanes of at least 4 members (excludes halogenated alkanes) is 1. The Kier molecular flexibility index (Phi) is 4.87. The molecule has 0 aliphatic carbocycles. The van der Waals surface area contributed by atoms with E-state index < -0.39 is 12.0 Å². The summed E-state index contributed by atoms with van der Waals surface area (Å²) in [6, 6.07) is -0.593. The highest BCUT2D eigenvalue weighted by molar-refractivity contribution is 5.77. The van der Waals surface area contributed by atoms with E-state index in [0.717, 1.165) is 24.2 Å². The highest BCUT2D eigenvalue weighted by Crippen LogP contribution is 2.13. The third-order valence-electron chi connectivity index (χ3n) is 2.53. The summed E-state index contributed by atoms with van der Waals surface area (Å²) in [6.45, 7) is 5.68. The molecule has 0 saturated heterocycles. The van der Waals surface area contributed by atoms with Gasteiger partial charge in [-0.05, 0) is 20.3 Å². The number of aromatic nitrogens is 2. The predicted octanol–water partition coefficient (Wildman–Crippen LogP) is 2.15. The minimum Gasteiger partial charge on any atom is -0.480 e. The summed E-state index contributed by atoms with van der Waals surface area (Å²) >= 11 is 0. The van der Waals surface area contributed by atoms with Crippen LogP contribution in [0.5, 0.6) is 0 Å². The molecule has 0 bridgehead atoms. The fourth-order valence-corrected chi connectivity index (χ4v) is 1.50. The Balaban J connectivity index is 2.78. The average Bonchev–Trinajstić information content (AvgIpc) is 2.28. The van der Waals surface area contributed by atoms with Crippen LogP contribution in [0.3, 0.4) is 0 Å². The number of rotatable bonds is 6. The van der Waals surface area contributed by atoms with Crippen LogP contribution in [0, 0.1) is 13.8 Å². The number of nitrogens with one attached hydrogen (secondary N) is 1. The molecule has 5 heteroatoms. The van der Waals surface area contributed by atoms with Crippen molar-refractivity contribution in [2.75, 3.05) is 5.32 Å². The Bertz CT molecular complexity index is 393. The van der Waals surface area contributed by atoms with Gasteiger partial charge in [0.05, 0.1) is 11.4 Å². The summed E-state index contributed by atoms with van der Waals surface area (Å²) < 4.78 is 0. The second-order valence-corrected chi connectivity index (χ2v) is 4.12. The van der Waals surface area contributed by atoms with Gasteiger partial charge in [0.2, 0.25) is 0 Å². The molecule has 2 N–H and O–H groups in total. The van der Waals surface area contributed by atoms with Gasteiger partial charge in [0.1, 0.15) is 11.9 Å². The predicted molar refractivity (Wildman–Crippen MR) is 66.1 cm³/mol. The van der Waals surface area contributed by atoms with Crippen LogP contribution in [-0.2, 0) is 4.79 Å². The van der Waals surface area contributed by atoms with Gasteiger partial charge in [0.15, 0.2) is 0 Å². The van der Waals surface area contributed by atoms with E-state index in [-0.39, 0.29) is 0 Å². The number of aliphatic carboxylic acids is 1. The number of aryl methyl sites for hydroxylation is 2. The molecular formula is C12H19N3O2. The maximum atomic E-state index is 11.1. The summed E-state index contributed by atoms with van der Waals surface area (Å²) in [6.07, 6.45) is 4.12. The van der Waals surface area contributed by atoms with Gasteiger partial charge in [-0.1, -0.05) is 19.8 Å². The number of hydrogen-bond acceptors (Lipinski definition) is 4. The zero-order chi connectivity index (χ0) is 12.8. The minimum absolute atomic E-state index is 0.563. The van der Waals surface area contributed by atoms with Crippen molar-refractivity contribution in [3.63, 3.8) is 0 Å². The van der Waals surface area contributed by atoms with E-state index in [1.54, 1.807) is 6.20 Å². The minimum atomic E-state index is -0.846. The van der Waals surface area contributed by atoms with E-state index in [0.29, 0.717) is 12.2 Å². The Labute approximate surface area is 101 Å². The van der Waals surface area contributed by atoms with Crippen molar-refractivity contribution in [1.82, 2.24) is 9.97 Å². The van der Waals surface area contributed by atoms with Gasteiger partial charge < -0.3 is 10.4 Å². The second kappa shape index (κ2) is 6.18. The lowest BCUT2D eigenvalue weighted by Gasteiger charge is -2.16. The van der Waals surface area contributed by atoms with E-state index in [2.05, 4.69) is 15.3 Å². The zero-order valence-electron chi connectivity index (χ0n) is 10.5. The lowest BCUT2D eigenvalue weighted by atomic mass is 10.1. The van der Waals surface area contributed by atoms with Crippen molar-refractivity contribution >= 4 is 11.8 Å². The highest BCUT2D eigenvalue weighted by atomic mass is 16.4. The number of anilines is 1. The molecule has 1 atom stereocenters. The first-order chi connectivity index (χ1) is 8.04. The number of carboxylic acid groups (broad SMARTS) is 1. The molecule has 94 valence electrons. The van der Waals surface area contributed by atoms with Crippen LogP contribution in [0.2, 0.25) is 0 Å². The first kappa shape index (κ1) is 13.4. The van der Waals surface area contributed by atoms with Gasteiger partial charge in [-0.15, -0.1) is 0 Å². The van der Waals surface area contributed by atoms with Gasteiger partial charge in [-0.3, -0.25) is 4.98 Å². The van der Waals surface area contributed by atoms with Crippen LogP contribution in [0.1, 0.15) is 37.6 Å². The fraction of sp³-hybridized carbons (Fsp3) is 0.583. The van der Waals surface area contributed by atoms with Crippen molar-refractivity contribution in [2.24, 2.45) is 0 Å². The maximum absolute atomic E-state index is 11.1. The molecule has 1 aromatic heterocycles. The molecule has 0 aliphatic heterocycles. The maximum Gasteiger partial charge on any atom is 0.326 e. The van der Waals surface area contributed by atoms with Crippen molar-refractivity contribution in [1.29, 1.82) is 0 Å². The molecule has 0 aliphatic rings. The van der Waals surface area contributed by atoms with Crippen LogP contribution in [0.4, 0.5) is 5.82 Å². The topological polar surface area (TPSA) is 75.1 Å². The number of hydrogen-bond donors (Lipinski definition) is 2. The summed E-state index contributed by atoms with van der Waals surface area (Å²) in [5, 5.41) is 12.1. The quantitative estimate of drug-likeness (QED) is 0.793. The van der Waals surface area contributed by atoms with E-state index in [1.165, 1.54) is 0 Å². The summed E-state index contributed by atoms with van der Waals surface area (Å²) in [7, 11) is 0. The van der Waals surface area contributed by atoms with Gasteiger partial charge in [-0.25, -0.2) is 9.78 Å². The molecule has 0 aromatic carbocycles. The third-order valence-corrected chi connectivity index (χ3v) is 2.53. The Morgan fingerprint density at radius 2 is 2.24 bits per heavy atom. The SMILES string of the molecule is CCCCC(Nc1nc(C)cnc1C)C(=O)O. The van der Waals surface area contributed by atoms with Gasteiger partial charge in [0, 0.05) is 6.20 Å². The molecule has 1 heterocycles. The largest absolute Gasteiger partial charge is 0.480 e. The molecule has 0 spiro atoms. The standard InChI is InChI=1S/C12H19N3O2/c1-4-5-6-10(12(16)17)15-11-9(3)13-7-8(2)14-11/h7,10H,4-6H2,1-3H3,(H,14,15)(H,16,17). The Morgan fingerprint density at radius 1 is 1.53 bits per heavy atom. The number of carboxylic acids is 1. The first-order valence-electron chi connectivity index (χ1n) is 5.84. The van der Waals surface area contributed by atoms with Crippen molar-refractivity contribution in [2.45, 2.75) is 46.1 Å². The molecule has 17 heavy (non-hydrogen) atoms. The van der Waals surface area contributed by atoms with Gasteiger partial charge in [0.25, 0.3) is 0 Å². The molecule has 1 aromatic rings. The lowest BCUT2D eigenvalue weighted by Crippen LogP contribution is -2.30. The van der Waals surface area contributed by atoms with E-state index in [1.807, 2.05) is 20.8 Å². The molecule has 1 rings (SSSR count). The lowest BCUT2D eigenvalue weighted by molar-refractivity contribution is -0.138. The van der Waals surface area contributed by atoms with Crippen molar-refractivity contribution in [3.05, 3.63) is 17.6 Å². The Morgan fingerprint density at radius 3 is 2.82 bits per heavy atom. The van der Waals surface area contributed by atoms with Crippen molar-refractivity contribution in [3.8, 4) is 0 Å². The molecule has 0 radical (unpaired) electrons. The van der Waals surface area contributed by atoms with Crippen LogP contribution in [-0.4, -0.2) is 27.1 Å². The molecule has 0 saturated carbocycles. The van der Waals surface area contributed by atoms with Crippen LogP contribution < -0.4 is 5.32 Å². The van der Waals surface area contributed by atoms with Gasteiger partial charge >= 0.3 is 5.97 Å². The highest BCUT2D eigenvalue weighted by Gasteiger charge is 2.18. The monoisotopic (exact) mass is 237 g/mol. The van der Waals surface area contributed by atoms with E-state index in [4.69, 9.17) is 5.11 Å².